The summed E-state index contributed by atoms with van der Waals surface area (Å²) in [7, 11) is 0. The van der Waals surface area contributed by atoms with Crippen molar-refractivity contribution in [1.82, 2.24) is 9.38 Å². The van der Waals surface area contributed by atoms with Crippen molar-refractivity contribution >= 4 is 17.0 Å². The van der Waals surface area contributed by atoms with Gasteiger partial charge in [-0.3, -0.25) is 4.40 Å². The van der Waals surface area contributed by atoms with Crippen LogP contribution in [0.1, 0.15) is 11.3 Å². The SMILES string of the molecule is [O-][n+]1cc2nccn2c2c1C(c1ccc(F)cc1)=CCN2. The molecule has 21 heavy (non-hydrogen) atoms. The van der Waals surface area contributed by atoms with Crippen molar-refractivity contribution in [3.63, 3.8) is 0 Å². The fourth-order valence-electron chi connectivity index (χ4n) is 2.63. The lowest BCUT2D eigenvalue weighted by Crippen LogP contribution is -2.35. The molecule has 3 heterocycles. The number of fused-ring (bicyclic) bond motifs is 3. The molecule has 1 aromatic carbocycles. The van der Waals surface area contributed by atoms with Crippen molar-refractivity contribution in [3.05, 3.63) is 71.2 Å². The van der Waals surface area contributed by atoms with Gasteiger partial charge in [0, 0.05) is 18.9 Å². The number of aromatic nitrogens is 3. The smallest absolute Gasteiger partial charge is 0.265 e. The fourth-order valence-corrected chi connectivity index (χ4v) is 2.63. The lowest BCUT2D eigenvalue weighted by atomic mass is 10.00. The van der Waals surface area contributed by atoms with Crippen LogP contribution in [0.2, 0.25) is 0 Å². The van der Waals surface area contributed by atoms with Crippen molar-refractivity contribution in [1.29, 1.82) is 0 Å². The van der Waals surface area contributed by atoms with Crippen LogP contribution in [0.5, 0.6) is 0 Å². The minimum absolute atomic E-state index is 0.298. The Bertz CT molecular complexity index is 867. The molecule has 4 rings (SSSR count). The number of rotatable bonds is 1. The Morgan fingerprint density at radius 2 is 2.10 bits per heavy atom. The van der Waals surface area contributed by atoms with Crippen LogP contribution in [0.15, 0.2) is 48.9 Å². The van der Waals surface area contributed by atoms with Gasteiger partial charge in [-0.1, -0.05) is 18.2 Å². The first-order valence-corrected chi connectivity index (χ1v) is 6.53. The Morgan fingerprint density at radius 3 is 2.90 bits per heavy atom. The molecule has 0 amide bonds. The summed E-state index contributed by atoms with van der Waals surface area (Å²) in [6.45, 7) is 0.594. The summed E-state index contributed by atoms with van der Waals surface area (Å²) < 4.78 is 15.7. The van der Waals surface area contributed by atoms with Gasteiger partial charge in [0.15, 0.2) is 5.82 Å². The average Bonchev–Trinajstić information content (AvgIpc) is 2.96. The first-order chi connectivity index (χ1) is 10.2. The molecule has 0 atom stereocenters. The van der Waals surface area contributed by atoms with Crippen molar-refractivity contribution in [2.45, 2.75) is 0 Å². The largest absolute Gasteiger partial charge is 0.618 e. The highest BCUT2D eigenvalue weighted by Crippen LogP contribution is 2.30. The van der Waals surface area contributed by atoms with Crippen LogP contribution in [0.3, 0.4) is 0 Å². The van der Waals surface area contributed by atoms with Crippen molar-refractivity contribution < 1.29 is 9.12 Å². The Labute approximate surface area is 119 Å². The molecule has 0 radical (unpaired) electrons. The summed E-state index contributed by atoms with van der Waals surface area (Å²) in [5, 5.41) is 15.5. The Morgan fingerprint density at radius 1 is 1.29 bits per heavy atom. The highest BCUT2D eigenvalue weighted by molar-refractivity contribution is 5.84. The molecule has 0 fully saturated rings. The zero-order valence-electron chi connectivity index (χ0n) is 11.0. The van der Waals surface area contributed by atoms with E-state index in [2.05, 4.69) is 10.3 Å². The maximum Gasteiger partial charge on any atom is 0.265 e. The van der Waals surface area contributed by atoms with Gasteiger partial charge in [0.2, 0.25) is 11.8 Å². The van der Waals surface area contributed by atoms with Crippen LogP contribution < -0.4 is 10.0 Å². The maximum atomic E-state index is 13.1. The van der Waals surface area contributed by atoms with Crippen LogP contribution in [0, 0.1) is 11.0 Å². The van der Waals surface area contributed by atoms with E-state index in [0.29, 0.717) is 23.7 Å². The number of nitrogens with one attached hydrogen (secondary N) is 1. The molecule has 104 valence electrons. The highest BCUT2D eigenvalue weighted by Gasteiger charge is 2.25. The van der Waals surface area contributed by atoms with Crippen molar-refractivity contribution in [3.8, 4) is 0 Å². The molecule has 0 saturated heterocycles. The molecular weight excluding hydrogens is 271 g/mol. The summed E-state index contributed by atoms with van der Waals surface area (Å²) in [6.07, 6.45) is 6.80. The maximum absolute atomic E-state index is 13.1. The lowest BCUT2D eigenvalue weighted by Gasteiger charge is -2.19. The third-order valence-electron chi connectivity index (χ3n) is 3.57. The molecule has 0 unspecified atom stereocenters. The van der Waals surface area contributed by atoms with Gasteiger partial charge in [0.05, 0.1) is 5.57 Å². The summed E-state index contributed by atoms with van der Waals surface area (Å²) in [5.74, 6) is 0.399. The first-order valence-electron chi connectivity index (χ1n) is 6.53. The molecule has 5 nitrogen and oxygen atoms in total. The molecule has 0 aliphatic carbocycles. The molecule has 0 bridgehead atoms. The Hall–Kier alpha value is -2.89. The quantitative estimate of drug-likeness (QED) is 0.548. The van der Waals surface area contributed by atoms with Crippen LogP contribution in [-0.4, -0.2) is 15.9 Å². The van der Waals surface area contributed by atoms with Gasteiger partial charge in [-0.25, -0.2) is 9.37 Å². The first kappa shape index (κ1) is 11.9. The third-order valence-corrected chi connectivity index (χ3v) is 3.57. The minimum atomic E-state index is -0.298. The number of anilines is 1. The molecule has 2 aromatic heterocycles. The van der Waals surface area contributed by atoms with Gasteiger partial charge in [-0.2, -0.15) is 4.73 Å². The predicted molar refractivity (Wildman–Crippen MR) is 76.1 cm³/mol. The van der Waals surface area contributed by atoms with Crippen LogP contribution >= 0.6 is 0 Å². The summed E-state index contributed by atoms with van der Waals surface area (Å²) in [4.78, 5) is 4.13. The monoisotopic (exact) mass is 282 g/mol. The number of nitrogens with zero attached hydrogens (tertiary/aromatic N) is 3. The Kier molecular flexibility index (Phi) is 2.44. The highest BCUT2D eigenvalue weighted by atomic mass is 19.1. The lowest BCUT2D eigenvalue weighted by molar-refractivity contribution is -0.606. The normalized spacial score (nSPS) is 13.7. The second kappa shape index (κ2) is 4.31. The molecule has 0 spiro atoms. The Balaban J connectivity index is 1.97. The molecule has 6 heteroatoms. The van der Waals surface area contributed by atoms with Gasteiger partial charge < -0.3 is 10.5 Å². The van der Waals surface area contributed by atoms with Crippen molar-refractivity contribution in [2.24, 2.45) is 0 Å². The van der Waals surface area contributed by atoms with E-state index in [0.717, 1.165) is 15.9 Å². The number of hydrogen-bond donors (Lipinski definition) is 1. The average molecular weight is 282 g/mol. The third kappa shape index (κ3) is 1.76. The van der Waals surface area contributed by atoms with Gasteiger partial charge in [0.1, 0.15) is 5.82 Å². The number of imidazole rings is 1. The van der Waals surface area contributed by atoms with Gasteiger partial charge >= 0.3 is 0 Å². The summed E-state index contributed by atoms with van der Waals surface area (Å²) >= 11 is 0. The fraction of sp³-hybridized carbons (Fsp3) is 0.0667. The van der Waals surface area contributed by atoms with E-state index in [1.165, 1.54) is 18.3 Å². The van der Waals surface area contributed by atoms with Crippen molar-refractivity contribution in [2.75, 3.05) is 11.9 Å². The number of benzene rings is 1. The molecule has 0 saturated carbocycles. The zero-order chi connectivity index (χ0) is 14.4. The van der Waals surface area contributed by atoms with Gasteiger partial charge in [-0.15, -0.1) is 0 Å². The summed E-state index contributed by atoms with van der Waals surface area (Å²) in [5.41, 5.74) is 2.69. The molecule has 1 aliphatic heterocycles. The zero-order valence-corrected chi connectivity index (χ0v) is 11.0. The van der Waals surface area contributed by atoms with E-state index in [1.807, 2.05) is 10.5 Å². The van der Waals surface area contributed by atoms with E-state index in [-0.39, 0.29) is 5.82 Å². The molecular formula is C15H11FN4O. The minimum Gasteiger partial charge on any atom is -0.618 e. The number of hydrogen-bond acceptors (Lipinski definition) is 3. The molecule has 3 aromatic rings. The van der Waals surface area contributed by atoms with E-state index in [4.69, 9.17) is 0 Å². The molecule has 1 aliphatic rings. The van der Waals surface area contributed by atoms with Gasteiger partial charge in [0.25, 0.3) is 5.69 Å². The van der Waals surface area contributed by atoms with E-state index < -0.39 is 0 Å². The van der Waals surface area contributed by atoms with Crippen LogP contribution in [-0.2, 0) is 0 Å². The summed E-state index contributed by atoms with van der Waals surface area (Å²) in [6, 6.07) is 6.13. The topological polar surface area (TPSA) is 56.3 Å². The van der Waals surface area contributed by atoms with Crippen LogP contribution in [0.4, 0.5) is 10.2 Å². The van der Waals surface area contributed by atoms with E-state index in [1.54, 1.807) is 24.5 Å². The second-order valence-electron chi connectivity index (χ2n) is 4.81. The second-order valence-corrected chi connectivity index (χ2v) is 4.81. The van der Waals surface area contributed by atoms with Gasteiger partial charge in [-0.05, 0) is 17.7 Å². The van der Waals surface area contributed by atoms with E-state index >= 15 is 0 Å². The van der Waals surface area contributed by atoms with E-state index in [9.17, 15) is 9.60 Å². The number of halogens is 1. The standard InChI is InChI=1S/C15H11FN4O/c16-11-3-1-10(2-4-11)12-5-6-18-15-14(12)20(21)9-13-17-7-8-19(13)15/h1-5,7-9,18H,6H2. The predicted octanol–water partition coefficient (Wildman–Crippen LogP) is 1.96. The van der Waals surface area contributed by atoms with Crippen LogP contribution in [0.25, 0.3) is 11.2 Å². The molecule has 1 N–H and O–H groups in total.